The predicted molar refractivity (Wildman–Crippen MR) is 97.2 cm³/mol. The van der Waals surface area contributed by atoms with Gasteiger partial charge in [-0.05, 0) is 43.3 Å². The number of methoxy groups -OCH3 is 1. The number of anilines is 4. The Hall–Kier alpha value is -3.75. The fourth-order valence-corrected chi connectivity index (χ4v) is 2.28. The molecule has 9 nitrogen and oxygen atoms in total. The Labute approximate surface area is 149 Å². The molecule has 3 aromatic rings. The Morgan fingerprint density at radius 3 is 2.35 bits per heavy atom. The normalized spacial score (nSPS) is 10.2. The quantitative estimate of drug-likeness (QED) is 0.511. The van der Waals surface area contributed by atoms with Crippen molar-refractivity contribution in [3.05, 3.63) is 64.6 Å². The SMILES string of the molecule is COc1ccc(Nc2ncnc(Nc3cccc(C)n3)c2[N+](=O)[O-])cc1. The molecule has 132 valence electrons. The summed E-state index contributed by atoms with van der Waals surface area (Å²) in [5.74, 6) is 1.27. The molecule has 0 radical (unpaired) electrons. The average Bonchev–Trinajstić information content (AvgIpc) is 2.62. The van der Waals surface area contributed by atoms with Gasteiger partial charge >= 0.3 is 5.69 Å². The second-order valence-corrected chi connectivity index (χ2v) is 5.32. The van der Waals surface area contributed by atoms with Crippen molar-refractivity contribution < 1.29 is 9.66 Å². The first-order valence-electron chi connectivity index (χ1n) is 7.68. The van der Waals surface area contributed by atoms with Gasteiger partial charge in [0.25, 0.3) is 0 Å². The lowest BCUT2D eigenvalue weighted by Crippen LogP contribution is -2.06. The van der Waals surface area contributed by atoms with E-state index in [2.05, 4.69) is 25.6 Å². The number of ether oxygens (including phenoxy) is 1. The van der Waals surface area contributed by atoms with Gasteiger partial charge in [0, 0.05) is 11.4 Å². The molecule has 2 heterocycles. The highest BCUT2D eigenvalue weighted by Crippen LogP contribution is 2.32. The summed E-state index contributed by atoms with van der Waals surface area (Å²) in [5.41, 5.74) is 1.14. The van der Waals surface area contributed by atoms with Crippen molar-refractivity contribution in [2.45, 2.75) is 6.92 Å². The largest absolute Gasteiger partial charge is 0.497 e. The molecule has 0 aliphatic heterocycles. The fourth-order valence-electron chi connectivity index (χ4n) is 2.28. The van der Waals surface area contributed by atoms with Crippen LogP contribution in [0.15, 0.2) is 48.8 Å². The molecule has 1 aromatic carbocycles. The van der Waals surface area contributed by atoms with Gasteiger partial charge in [-0.1, -0.05) is 6.07 Å². The molecular weight excluding hydrogens is 336 g/mol. The molecule has 0 aliphatic carbocycles. The van der Waals surface area contributed by atoms with Crippen molar-refractivity contribution in [3.63, 3.8) is 0 Å². The summed E-state index contributed by atoms with van der Waals surface area (Å²) >= 11 is 0. The van der Waals surface area contributed by atoms with Gasteiger partial charge in [0.15, 0.2) is 0 Å². The molecule has 3 rings (SSSR count). The fraction of sp³-hybridized carbons (Fsp3) is 0.118. The Morgan fingerprint density at radius 1 is 1.04 bits per heavy atom. The van der Waals surface area contributed by atoms with E-state index in [-0.39, 0.29) is 17.3 Å². The third kappa shape index (κ3) is 3.83. The number of hydrogen-bond donors (Lipinski definition) is 2. The predicted octanol–water partition coefficient (Wildman–Crippen LogP) is 3.58. The van der Waals surface area contributed by atoms with Crippen LogP contribution in [0.5, 0.6) is 5.75 Å². The van der Waals surface area contributed by atoms with E-state index in [9.17, 15) is 10.1 Å². The van der Waals surface area contributed by atoms with Crippen LogP contribution in [0.4, 0.5) is 28.8 Å². The number of benzene rings is 1. The molecule has 2 aromatic heterocycles. The highest BCUT2D eigenvalue weighted by Gasteiger charge is 2.23. The molecule has 2 N–H and O–H groups in total. The first-order valence-corrected chi connectivity index (χ1v) is 7.68. The van der Waals surface area contributed by atoms with Crippen molar-refractivity contribution in [1.82, 2.24) is 15.0 Å². The second-order valence-electron chi connectivity index (χ2n) is 5.32. The summed E-state index contributed by atoms with van der Waals surface area (Å²) in [5, 5.41) is 17.4. The zero-order valence-electron chi connectivity index (χ0n) is 14.1. The summed E-state index contributed by atoms with van der Waals surface area (Å²) < 4.78 is 5.10. The molecule has 0 spiro atoms. The van der Waals surface area contributed by atoms with Crippen LogP contribution in [0.25, 0.3) is 0 Å². The van der Waals surface area contributed by atoms with E-state index in [1.54, 1.807) is 43.5 Å². The molecular formula is C17H16N6O3. The Balaban J connectivity index is 1.93. The third-order valence-corrected chi connectivity index (χ3v) is 3.49. The van der Waals surface area contributed by atoms with Gasteiger partial charge in [-0.2, -0.15) is 0 Å². The van der Waals surface area contributed by atoms with Gasteiger partial charge < -0.3 is 15.4 Å². The summed E-state index contributed by atoms with van der Waals surface area (Å²) in [6.45, 7) is 1.83. The van der Waals surface area contributed by atoms with E-state index in [1.807, 2.05) is 13.0 Å². The number of pyridine rings is 1. The van der Waals surface area contributed by atoms with Crippen molar-refractivity contribution in [2.24, 2.45) is 0 Å². The smallest absolute Gasteiger partial charge is 0.353 e. The molecule has 26 heavy (non-hydrogen) atoms. The lowest BCUT2D eigenvalue weighted by molar-refractivity contribution is -0.383. The molecule has 0 bridgehead atoms. The number of nitrogens with zero attached hydrogens (tertiary/aromatic N) is 4. The number of nitrogens with one attached hydrogen (secondary N) is 2. The van der Waals surface area contributed by atoms with Gasteiger partial charge in [0.05, 0.1) is 12.0 Å². The van der Waals surface area contributed by atoms with Crippen molar-refractivity contribution in [2.75, 3.05) is 17.7 Å². The van der Waals surface area contributed by atoms with Gasteiger partial charge in [-0.3, -0.25) is 10.1 Å². The Morgan fingerprint density at radius 2 is 1.73 bits per heavy atom. The van der Waals surface area contributed by atoms with E-state index in [0.717, 1.165) is 5.69 Å². The summed E-state index contributed by atoms with van der Waals surface area (Å²) in [6, 6.07) is 12.3. The lowest BCUT2D eigenvalue weighted by atomic mass is 10.3. The minimum atomic E-state index is -0.538. The number of aromatic nitrogens is 3. The minimum Gasteiger partial charge on any atom is -0.497 e. The Bertz CT molecular complexity index is 930. The highest BCUT2D eigenvalue weighted by molar-refractivity contribution is 5.76. The molecule has 0 unspecified atom stereocenters. The van der Waals surface area contributed by atoms with Gasteiger partial charge in [0.2, 0.25) is 11.6 Å². The minimum absolute atomic E-state index is 0.0547. The summed E-state index contributed by atoms with van der Waals surface area (Å²) in [6.07, 6.45) is 1.25. The van der Waals surface area contributed by atoms with Crippen molar-refractivity contribution in [3.8, 4) is 5.75 Å². The maximum absolute atomic E-state index is 11.6. The van der Waals surface area contributed by atoms with Crippen LogP contribution in [-0.2, 0) is 0 Å². The van der Waals surface area contributed by atoms with Crippen LogP contribution < -0.4 is 15.4 Å². The zero-order chi connectivity index (χ0) is 18.5. The maximum Gasteiger partial charge on any atom is 0.353 e. The topological polar surface area (TPSA) is 115 Å². The van der Waals surface area contributed by atoms with E-state index < -0.39 is 4.92 Å². The number of aryl methyl sites for hydroxylation is 1. The van der Waals surface area contributed by atoms with Crippen LogP contribution in [0.3, 0.4) is 0 Å². The third-order valence-electron chi connectivity index (χ3n) is 3.49. The van der Waals surface area contributed by atoms with Crippen LogP contribution in [0.1, 0.15) is 5.69 Å². The molecule has 0 saturated heterocycles. The van der Waals surface area contributed by atoms with E-state index in [4.69, 9.17) is 4.74 Å². The van der Waals surface area contributed by atoms with Crippen molar-refractivity contribution >= 4 is 28.8 Å². The first kappa shape index (κ1) is 17.1. The number of nitro groups is 1. The van der Waals surface area contributed by atoms with E-state index >= 15 is 0 Å². The Kier molecular flexibility index (Phi) is 4.88. The van der Waals surface area contributed by atoms with Crippen LogP contribution in [0, 0.1) is 17.0 Å². The molecule has 0 saturated carbocycles. The van der Waals surface area contributed by atoms with Crippen LogP contribution in [0.2, 0.25) is 0 Å². The van der Waals surface area contributed by atoms with Crippen LogP contribution in [-0.4, -0.2) is 27.0 Å². The number of hydrogen-bond acceptors (Lipinski definition) is 8. The maximum atomic E-state index is 11.6. The average molecular weight is 352 g/mol. The number of rotatable bonds is 6. The van der Waals surface area contributed by atoms with E-state index in [0.29, 0.717) is 17.3 Å². The van der Waals surface area contributed by atoms with Gasteiger partial charge in [0.1, 0.15) is 17.9 Å². The van der Waals surface area contributed by atoms with Gasteiger partial charge in [-0.15, -0.1) is 0 Å². The standard InChI is InChI=1S/C17H16N6O3/c1-11-4-3-5-14(20-11)22-17-15(23(24)25)16(18-10-19-17)21-12-6-8-13(26-2)9-7-12/h3-10H,1-2H3,(H2,18,19,20,21,22). The molecule has 0 atom stereocenters. The summed E-state index contributed by atoms with van der Waals surface area (Å²) in [4.78, 5) is 23.3. The molecule has 0 fully saturated rings. The van der Waals surface area contributed by atoms with Crippen LogP contribution >= 0.6 is 0 Å². The highest BCUT2D eigenvalue weighted by atomic mass is 16.6. The molecule has 0 amide bonds. The lowest BCUT2D eigenvalue weighted by Gasteiger charge is -2.10. The van der Waals surface area contributed by atoms with E-state index in [1.165, 1.54) is 6.33 Å². The zero-order valence-corrected chi connectivity index (χ0v) is 14.1. The molecule has 9 heteroatoms. The molecule has 0 aliphatic rings. The van der Waals surface area contributed by atoms with Gasteiger partial charge in [-0.25, -0.2) is 15.0 Å². The summed E-state index contributed by atoms with van der Waals surface area (Å²) in [7, 11) is 1.56. The first-order chi connectivity index (χ1) is 12.6. The second kappa shape index (κ2) is 7.43. The van der Waals surface area contributed by atoms with Crippen molar-refractivity contribution in [1.29, 1.82) is 0 Å². The monoisotopic (exact) mass is 352 g/mol.